The lowest BCUT2D eigenvalue weighted by Crippen LogP contribution is -2.55. The van der Waals surface area contributed by atoms with Crippen molar-refractivity contribution in [1.29, 1.82) is 0 Å². The molecule has 3 amide bonds. The Morgan fingerprint density at radius 1 is 0.955 bits per heavy atom. The third-order valence-electron chi connectivity index (χ3n) is 6.18. The van der Waals surface area contributed by atoms with Crippen LogP contribution in [0.4, 0.5) is 4.79 Å². The fourth-order valence-corrected chi connectivity index (χ4v) is 4.77. The van der Waals surface area contributed by atoms with E-state index in [0.29, 0.717) is 31.0 Å². The van der Waals surface area contributed by atoms with Crippen LogP contribution in [-0.2, 0) is 4.79 Å². The highest BCUT2D eigenvalue weighted by Crippen LogP contribution is 2.39. The average Bonchev–Trinajstić information content (AvgIpc) is 2.55. The molecule has 5 nitrogen and oxygen atoms in total. The number of hydrogen-bond donors (Lipinski definition) is 1. The van der Waals surface area contributed by atoms with Gasteiger partial charge in [-0.05, 0) is 43.9 Å². The quantitative estimate of drug-likeness (QED) is 0.807. The standard InChI is InChI=1S/C17H29N3O2/c1-12-6-11-20(15-5-3-2-4-14(12)15)16(21)13-7-9-19(10-8-13)17(18)22/h12-15H,2-11H2,1H3,(H2,18,22)/t12-,14+,15-/m1/s1. The lowest BCUT2D eigenvalue weighted by molar-refractivity contribution is -0.144. The number of rotatable bonds is 1. The second kappa shape index (κ2) is 6.47. The second-order valence-corrected chi connectivity index (χ2v) is 7.41. The van der Waals surface area contributed by atoms with Gasteiger partial charge >= 0.3 is 6.03 Å². The largest absolute Gasteiger partial charge is 0.351 e. The summed E-state index contributed by atoms with van der Waals surface area (Å²) >= 11 is 0. The zero-order valence-electron chi connectivity index (χ0n) is 13.7. The molecule has 124 valence electrons. The maximum atomic E-state index is 13.0. The van der Waals surface area contributed by atoms with Crippen molar-refractivity contribution in [2.24, 2.45) is 23.5 Å². The van der Waals surface area contributed by atoms with Gasteiger partial charge in [-0.1, -0.05) is 19.8 Å². The van der Waals surface area contributed by atoms with E-state index in [2.05, 4.69) is 11.8 Å². The first-order valence-corrected chi connectivity index (χ1v) is 8.92. The van der Waals surface area contributed by atoms with Crippen molar-refractivity contribution >= 4 is 11.9 Å². The Morgan fingerprint density at radius 3 is 2.32 bits per heavy atom. The first kappa shape index (κ1) is 15.6. The molecular weight excluding hydrogens is 278 g/mol. The highest BCUT2D eigenvalue weighted by atomic mass is 16.2. The first-order valence-electron chi connectivity index (χ1n) is 8.92. The lowest BCUT2D eigenvalue weighted by atomic mass is 9.72. The van der Waals surface area contributed by atoms with E-state index in [1.165, 1.54) is 25.7 Å². The van der Waals surface area contributed by atoms with E-state index in [9.17, 15) is 9.59 Å². The fourth-order valence-electron chi connectivity index (χ4n) is 4.77. The predicted molar refractivity (Wildman–Crippen MR) is 85.1 cm³/mol. The molecule has 3 fully saturated rings. The minimum absolute atomic E-state index is 0.0894. The Morgan fingerprint density at radius 2 is 1.64 bits per heavy atom. The average molecular weight is 307 g/mol. The summed E-state index contributed by atoms with van der Waals surface area (Å²) in [4.78, 5) is 28.1. The zero-order chi connectivity index (χ0) is 15.7. The van der Waals surface area contributed by atoms with Gasteiger partial charge in [-0.25, -0.2) is 4.79 Å². The van der Waals surface area contributed by atoms with E-state index in [1.54, 1.807) is 4.90 Å². The topological polar surface area (TPSA) is 66.6 Å². The third-order valence-corrected chi connectivity index (χ3v) is 6.18. The monoisotopic (exact) mass is 307 g/mol. The number of likely N-dealkylation sites (tertiary alicyclic amines) is 2. The Balaban J connectivity index is 1.63. The molecule has 1 aliphatic carbocycles. The maximum Gasteiger partial charge on any atom is 0.314 e. The SMILES string of the molecule is C[C@@H]1CCN(C(=O)C2CCN(C(N)=O)CC2)[C@@H]2CCCC[C@@H]12. The van der Waals surface area contributed by atoms with Crippen molar-refractivity contribution in [2.75, 3.05) is 19.6 Å². The summed E-state index contributed by atoms with van der Waals surface area (Å²) in [6.07, 6.45) is 7.74. The maximum absolute atomic E-state index is 13.0. The summed E-state index contributed by atoms with van der Waals surface area (Å²) in [6, 6.07) is 0.115. The van der Waals surface area contributed by atoms with Crippen LogP contribution < -0.4 is 5.73 Å². The molecule has 2 aliphatic heterocycles. The number of nitrogens with two attached hydrogens (primary N) is 1. The number of hydrogen-bond acceptors (Lipinski definition) is 2. The van der Waals surface area contributed by atoms with E-state index >= 15 is 0 Å². The molecule has 0 aromatic carbocycles. The first-order chi connectivity index (χ1) is 10.6. The molecule has 0 aromatic heterocycles. The van der Waals surface area contributed by atoms with E-state index < -0.39 is 0 Å². The minimum Gasteiger partial charge on any atom is -0.351 e. The van der Waals surface area contributed by atoms with Crippen LogP contribution in [0.25, 0.3) is 0 Å². The van der Waals surface area contributed by atoms with E-state index in [1.807, 2.05) is 0 Å². The normalized spacial score (nSPS) is 33.4. The molecule has 2 heterocycles. The summed E-state index contributed by atoms with van der Waals surface area (Å²) in [7, 11) is 0. The van der Waals surface area contributed by atoms with Crippen molar-refractivity contribution < 1.29 is 9.59 Å². The molecule has 0 bridgehead atoms. The van der Waals surface area contributed by atoms with Crippen LogP contribution >= 0.6 is 0 Å². The summed E-state index contributed by atoms with van der Waals surface area (Å²) in [5.41, 5.74) is 5.33. The van der Waals surface area contributed by atoms with Crippen LogP contribution in [-0.4, -0.2) is 47.4 Å². The highest BCUT2D eigenvalue weighted by molar-refractivity contribution is 5.80. The zero-order valence-corrected chi connectivity index (χ0v) is 13.7. The Hall–Kier alpha value is -1.26. The van der Waals surface area contributed by atoms with Crippen LogP contribution in [0.3, 0.4) is 0 Å². The molecule has 22 heavy (non-hydrogen) atoms. The van der Waals surface area contributed by atoms with Crippen LogP contribution in [0.15, 0.2) is 0 Å². The van der Waals surface area contributed by atoms with Crippen molar-refractivity contribution in [3.63, 3.8) is 0 Å². The number of fused-ring (bicyclic) bond motifs is 1. The molecule has 5 heteroatoms. The Bertz CT molecular complexity index is 432. The van der Waals surface area contributed by atoms with Gasteiger partial charge in [0.25, 0.3) is 0 Å². The molecule has 3 aliphatic rings. The summed E-state index contributed by atoms with van der Waals surface area (Å²) in [5.74, 6) is 1.89. The van der Waals surface area contributed by atoms with E-state index in [0.717, 1.165) is 31.7 Å². The number of urea groups is 1. The van der Waals surface area contributed by atoms with Crippen LogP contribution in [0.2, 0.25) is 0 Å². The Kier molecular flexibility index (Phi) is 4.59. The molecule has 1 saturated carbocycles. The molecule has 2 N–H and O–H groups in total. The van der Waals surface area contributed by atoms with Gasteiger partial charge in [0.15, 0.2) is 0 Å². The van der Waals surface area contributed by atoms with Gasteiger partial charge in [-0.3, -0.25) is 4.79 Å². The van der Waals surface area contributed by atoms with E-state index in [4.69, 9.17) is 5.73 Å². The number of amides is 3. The van der Waals surface area contributed by atoms with Crippen LogP contribution in [0, 0.1) is 17.8 Å². The van der Waals surface area contributed by atoms with Gasteiger partial charge in [0.05, 0.1) is 0 Å². The molecule has 0 radical (unpaired) electrons. The molecule has 0 spiro atoms. The van der Waals surface area contributed by atoms with Crippen molar-refractivity contribution in [3.05, 3.63) is 0 Å². The molecule has 3 rings (SSSR count). The van der Waals surface area contributed by atoms with Gasteiger partial charge in [0.2, 0.25) is 5.91 Å². The van der Waals surface area contributed by atoms with Crippen molar-refractivity contribution in [2.45, 2.75) is 57.9 Å². The van der Waals surface area contributed by atoms with Gasteiger partial charge in [0, 0.05) is 31.6 Å². The summed E-state index contributed by atoms with van der Waals surface area (Å²) < 4.78 is 0. The second-order valence-electron chi connectivity index (χ2n) is 7.41. The summed E-state index contributed by atoms with van der Waals surface area (Å²) in [5, 5.41) is 0. The summed E-state index contributed by atoms with van der Waals surface area (Å²) in [6.45, 7) is 4.54. The smallest absolute Gasteiger partial charge is 0.314 e. The fraction of sp³-hybridized carbons (Fsp3) is 0.882. The number of piperidine rings is 2. The van der Waals surface area contributed by atoms with Gasteiger partial charge in [0.1, 0.15) is 0 Å². The number of nitrogens with zero attached hydrogens (tertiary/aromatic N) is 2. The Labute approximate surface area is 133 Å². The molecule has 0 aromatic rings. The predicted octanol–water partition coefficient (Wildman–Crippen LogP) is 2.20. The van der Waals surface area contributed by atoms with Crippen LogP contribution in [0.1, 0.15) is 51.9 Å². The van der Waals surface area contributed by atoms with Gasteiger partial charge in [-0.15, -0.1) is 0 Å². The highest BCUT2D eigenvalue weighted by Gasteiger charge is 2.41. The van der Waals surface area contributed by atoms with Crippen molar-refractivity contribution in [1.82, 2.24) is 9.80 Å². The lowest BCUT2D eigenvalue weighted by Gasteiger charge is -2.48. The van der Waals surface area contributed by atoms with Gasteiger partial charge < -0.3 is 15.5 Å². The minimum atomic E-state index is -0.356. The number of carbonyl (C=O) groups is 2. The third kappa shape index (κ3) is 2.95. The molecule has 3 atom stereocenters. The number of carbonyl (C=O) groups excluding carboxylic acids is 2. The van der Waals surface area contributed by atoms with E-state index in [-0.39, 0.29) is 11.9 Å². The van der Waals surface area contributed by atoms with Gasteiger partial charge in [-0.2, -0.15) is 0 Å². The molecular formula is C17H29N3O2. The van der Waals surface area contributed by atoms with Crippen molar-refractivity contribution in [3.8, 4) is 0 Å². The molecule has 2 saturated heterocycles. The van der Waals surface area contributed by atoms with Crippen LogP contribution in [0.5, 0.6) is 0 Å². The molecule has 0 unspecified atom stereocenters. The number of primary amides is 1.